The third-order valence-electron chi connectivity index (χ3n) is 3.55. The summed E-state index contributed by atoms with van der Waals surface area (Å²) >= 11 is 12.1. The third-order valence-corrected chi connectivity index (χ3v) is 4.20. The first kappa shape index (κ1) is 17.2. The van der Waals surface area contributed by atoms with Crippen molar-refractivity contribution in [3.05, 3.63) is 57.3 Å². The topological polar surface area (TPSA) is 95.4 Å². The van der Waals surface area contributed by atoms with Gasteiger partial charge in [-0.15, -0.1) is 0 Å². The molecule has 3 rings (SSSR count). The normalized spacial score (nSPS) is 11.8. The van der Waals surface area contributed by atoms with Gasteiger partial charge in [-0.1, -0.05) is 28.4 Å². The van der Waals surface area contributed by atoms with Crippen molar-refractivity contribution in [2.45, 2.75) is 6.92 Å². The number of halogens is 2. The zero-order chi connectivity index (χ0) is 18.1. The summed E-state index contributed by atoms with van der Waals surface area (Å²) in [5.41, 5.74) is 7.68. The Kier molecular flexibility index (Phi) is 4.61. The molecule has 0 saturated heterocycles. The fourth-order valence-corrected chi connectivity index (χ4v) is 2.80. The number of nitrogens with two attached hydrogens (primary N) is 1. The molecule has 0 bridgehead atoms. The number of fused-ring (bicyclic) bond motifs is 1. The maximum atomic E-state index is 12.3. The molecule has 0 atom stereocenters. The highest BCUT2D eigenvalue weighted by Crippen LogP contribution is 2.28. The van der Waals surface area contributed by atoms with E-state index in [1.165, 1.54) is 6.20 Å². The minimum Gasteiger partial charge on any atom is -0.380 e. The Labute approximate surface area is 153 Å². The lowest BCUT2D eigenvalue weighted by molar-refractivity contribution is 0.0516. The molecule has 128 valence electrons. The van der Waals surface area contributed by atoms with Gasteiger partial charge >= 0.3 is 5.97 Å². The Morgan fingerprint density at radius 1 is 1.28 bits per heavy atom. The largest absolute Gasteiger partial charge is 0.380 e. The zero-order valence-corrected chi connectivity index (χ0v) is 14.8. The minimum absolute atomic E-state index is 0.0349. The molecule has 0 aliphatic heterocycles. The SMILES string of the molecule is Cc1nn(C)c2ncc(C(=O)O/N=C(/N)c3ccc(Cl)cc3)c(Cl)c12. The van der Waals surface area contributed by atoms with Crippen LogP contribution in [0.15, 0.2) is 35.6 Å². The van der Waals surface area contributed by atoms with Crippen LogP contribution in [0.1, 0.15) is 21.6 Å². The van der Waals surface area contributed by atoms with Crippen molar-refractivity contribution in [1.82, 2.24) is 14.8 Å². The highest BCUT2D eigenvalue weighted by Gasteiger charge is 2.19. The molecule has 0 aliphatic carbocycles. The zero-order valence-electron chi connectivity index (χ0n) is 13.3. The van der Waals surface area contributed by atoms with Crippen LogP contribution in [0.4, 0.5) is 0 Å². The summed E-state index contributed by atoms with van der Waals surface area (Å²) in [5.74, 6) is -0.729. The van der Waals surface area contributed by atoms with E-state index in [-0.39, 0.29) is 16.4 Å². The second-order valence-electron chi connectivity index (χ2n) is 5.26. The van der Waals surface area contributed by atoms with Crippen molar-refractivity contribution >= 4 is 46.0 Å². The molecule has 0 saturated carbocycles. The van der Waals surface area contributed by atoms with Crippen LogP contribution in [0, 0.1) is 6.92 Å². The molecule has 0 spiro atoms. The number of rotatable bonds is 3. The Morgan fingerprint density at radius 3 is 2.64 bits per heavy atom. The molecule has 0 amide bonds. The van der Waals surface area contributed by atoms with Crippen molar-refractivity contribution in [2.75, 3.05) is 0 Å². The molecule has 25 heavy (non-hydrogen) atoms. The number of aromatic nitrogens is 3. The first-order valence-corrected chi connectivity index (χ1v) is 7.92. The Morgan fingerprint density at radius 2 is 1.96 bits per heavy atom. The van der Waals surface area contributed by atoms with Crippen molar-refractivity contribution in [2.24, 2.45) is 17.9 Å². The second kappa shape index (κ2) is 6.70. The van der Waals surface area contributed by atoms with E-state index in [0.29, 0.717) is 27.3 Å². The number of carbonyl (C=O) groups is 1. The Balaban J connectivity index is 1.87. The summed E-state index contributed by atoms with van der Waals surface area (Å²) < 4.78 is 1.59. The molecule has 9 heteroatoms. The minimum atomic E-state index is -0.764. The van der Waals surface area contributed by atoms with E-state index in [1.807, 2.05) is 0 Å². The van der Waals surface area contributed by atoms with Gasteiger partial charge in [-0.05, 0) is 31.2 Å². The Bertz CT molecular complexity index is 996. The van der Waals surface area contributed by atoms with Gasteiger partial charge in [0.05, 0.1) is 21.7 Å². The van der Waals surface area contributed by atoms with Gasteiger partial charge in [0.2, 0.25) is 0 Å². The number of carbonyl (C=O) groups excluding carboxylic acids is 1. The third kappa shape index (κ3) is 3.29. The predicted molar refractivity (Wildman–Crippen MR) is 95.8 cm³/mol. The number of benzene rings is 1. The summed E-state index contributed by atoms with van der Waals surface area (Å²) in [4.78, 5) is 21.3. The average molecular weight is 378 g/mol. The van der Waals surface area contributed by atoms with Gasteiger partial charge in [-0.2, -0.15) is 5.10 Å². The van der Waals surface area contributed by atoms with Crippen LogP contribution in [0.5, 0.6) is 0 Å². The molecule has 2 aromatic heterocycles. The molecule has 2 N–H and O–H groups in total. The van der Waals surface area contributed by atoms with Crippen LogP contribution in [0.2, 0.25) is 10.0 Å². The molecule has 0 aliphatic rings. The summed E-state index contributed by atoms with van der Waals surface area (Å²) in [6.07, 6.45) is 1.32. The fourth-order valence-electron chi connectivity index (χ4n) is 2.32. The van der Waals surface area contributed by atoms with Crippen molar-refractivity contribution in [1.29, 1.82) is 0 Å². The van der Waals surface area contributed by atoms with E-state index in [2.05, 4.69) is 15.2 Å². The molecule has 1 aromatic carbocycles. The van der Waals surface area contributed by atoms with Crippen molar-refractivity contribution < 1.29 is 9.63 Å². The maximum absolute atomic E-state index is 12.3. The molecule has 7 nitrogen and oxygen atoms in total. The summed E-state index contributed by atoms with van der Waals surface area (Å²) in [5, 5.41) is 9.24. The van der Waals surface area contributed by atoms with E-state index in [4.69, 9.17) is 33.8 Å². The number of nitrogens with zero attached hydrogens (tertiary/aromatic N) is 4. The monoisotopic (exact) mass is 377 g/mol. The Hall–Kier alpha value is -2.64. The predicted octanol–water partition coefficient (Wildman–Crippen LogP) is 3.06. The number of oxime groups is 1. The number of hydrogen-bond acceptors (Lipinski definition) is 5. The standard InChI is InChI=1S/C16H13Cl2N5O2/c1-8-12-13(18)11(7-20-15(12)23(2)21-8)16(24)25-22-14(19)9-3-5-10(17)6-4-9/h3-7H,1-2H3,(H2,19,22). The van der Waals surface area contributed by atoms with Crippen LogP contribution in [0.3, 0.4) is 0 Å². The molecular weight excluding hydrogens is 365 g/mol. The van der Waals surface area contributed by atoms with Crippen LogP contribution in [-0.4, -0.2) is 26.6 Å². The van der Waals surface area contributed by atoms with Gasteiger partial charge < -0.3 is 10.6 Å². The van der Waals surface area contributed by atoms with Gasteiger partial charge in [0, 0.05) is 23.8 Å². The van der Waals surface area contributed by atoms with Crippen LogP contribution < -0.4 is 5.73 Å². The van der Waals surface area contributed by atoms with Gasteiger partial charge in [0.25, 0.3) is 0 Å². The smallest absolute Gasteiger partial charge is 0.368 e. The van der Waals surface area contributed by atoms with E-state index < -0.39 is 5.97 Å². The lowest BCUT2D eigenvalue weighted by Gasteiger charge is -2.04. The highest BCUT2D eigenvalue weighted by molar-refractivity contribution is 6.38. The lowest BCUT2D eigenvalue weighted by Crippen LogP contribution is -2.15. The molecular formula is C16H13Cl2N5O2. The van der Waals surface area contributed by atoms with Gasteiger partial charge in [0.1, 0.15) is 0 Å². The number of amidine groups is 1. The summed E-state index contributed by atoms with van der Waals surface area (Å²) in [7, 11) is 1.74. The van der Waals surface area contributed by atoms with Crippen LogP contribution in [0.25, 0.3) is 11.0 Å². The number of hydrogen-bond donors (Lipinski definition) is 1. The van der Waals surface area contributed by atoms with Gasteiger partial charge in [0.15, 0.2) is 11.5 Å². The van der Waals surface area contributed by atoms with Crippen LogP contribution >= 0.6 is 23.2 Å². The molecule has 3 aromatic rings. The van der Waals surface area contributed by atoms with Crippen molar-refractivity contribution in [3.63, 3.8) is 0 Å². The van der Waals surface area contributed by atoms with E-state index in [9.17, 15) is 4.79 Å². The average Bonchev–Trinajstić information content (AvgIpc) is 2.88. The highest BCUT2D eigenvalue weighted by atomic mass is 35.5. The lowest BCUT2D eigenvalue weighted by atomic mass is 10.2. The number of pyridine rings is 1. The second-order valence-corrected chi connectivity index (χ2v) is 6.07. The molecule has 2 heterocycles. The molecule has 0 fully saturated rings. The molecule has 0 radical (unpaired) electrons. The van der Waals surface area contributed by atoms with Crippen LogP contribution in [-0.2, 0) is 11.9 Å². The fraction of sp³-hybridized carbons (Fsp3) is 0.125. The summed E-state index contributed by atoms with van der Waals surface area (Å²) in [6.45, 7) is 1.78. The quantitative estimate of drug-likeness (QED) is 0.327. The summed E-state index contributed by atoms with van der Waals surface area (Å²) in [6, 6.07) is 6.63. The van der Waals surface area contributed by atoms with E-state index in [0.717, 1.165) is 0 Å². The first-order valence-electron chi connectivity index (χ1n) is 7.17. The maximum Gasteiger partial charge on any atom is 0.368 e. The van der Waals surface area contributed by atoms with Crippen molar-refractivity contribution in [3.8, 4) is 0 Å². The number of aryl methyl sites for hydroxylation is 2. The van der Waals surface area contributed by atoms with E-state index in [1.54, 1.807) is 42.9 Å². The first-order chi connectivity index (χ1) is 11.9. The van der Waals surface area contributed by atoms with E-state index >= 15 is 0 Å². The molecule has 0 unspecified atom stereocenters. The van der Waals surface area contributed by atoms with Gasteiger partial charge in [-0.25, -0.2) is 9.78 Å². The van der Waals surface area contributed by atoms with Gasteiger partial charge in [-0.3, -0.25) is 4.68 Å².